The zero-order valence-corrected chi connectivity index (χ0v) is 14.1. The lowest BCUT2D eigenvalue weighted by molar-refractivity contribution is -0.156. The SMILES string of the molecule is CC(C)(C)OC(=O)CC(C)(CO)c1cc(Br)c(F)cc1F. The monoisotopic (exact) mass is 364 g/mol. The number of benzene rings is 1. The van der Waals surface area contributed by atoms with Gasteiger partial charge in [-0.2, -0.15) is 0 Å². The number of halogens is 3. The van der Waals surface area contributed by atoms with Gasteiger partial charge >= 0.3 is 5.97 Å². The second-order valence-corrected chi connectivity index (χ2v) is 7.08. The summed E-state index contributed by atoms with van der Waals surface area (Å²) < 4.78 is 32.5. The number of rotatable bonds is 4. The van der Waals surface area contributed by atoms with Gasteiger partial charge in [0.15, 0.2) is 0 Å². The van der Waals surface area contributed by atoms with Crippen LogP contribution in [0.15, 0.2) is 16.6 Å². The lowest BCUT2D eigenvalue weighted by atomic mass is 9.80. The Morgan fingerprint density at radius 1 is 1.24 bits per heavy atom. The van der Waals surface area contributed by atoms with E-state index in [2.05, 4.69) is 15.9 Å². The van der Waals surface area contributed by atoms with Gasteiger partial charge in [0.2, 0.25) is 0 Å². The molecule has 0 aromatic heterocycles. The van der Waals surface area contributed by atoms with Crippen molar-refractivity contribution in [3.8, 4) is 0 Å². The molecule has 3 nitrogen and oxygen atoms in total. The minimum Gasteiger partial charge on any atom is -0.460 e. The van der Waals surface area contributed by atoms with Crippen LogP contribution in [-0.4, -0.2) is 23.3 Å². The van der Waals surface area contributed by atoms with E-state index in [9.17, 15) is 18.7 Å². The highest BCUT2D eigenvalue weighted by Crippen LogP contribution is 2.33. The van der Waals surface area contributed by atoms with Crippen molar-refractivity contribution in [2.24, 2.45) is 0 Å². The Hall–Kier alpha value is -1.01. The van der Waals surface area contributed by atoms with Gasteiger partial charge in [0.1, 0.15) is 17.2 Å². The molecule has 1 unspecified atom stereocenters. The van der Waals surface area contributed by atoms with Gasteiger partial charge < -0.3 is 9.84 Å². The van der Waals surface area contributed by atoms with Crippen molar-refractivity contribution in [2.45, 2.75) is 45.1 Å². The maximum absolute atomic E-state index is 14.0. The highest BCUT2D eigenvalue weighted by atomic mass is 79.9. The van der Waals surface area contributed by atoms with Crippen LogP contribution in [0.25, 0.3) is 0 Å². The molecule has 0 saturated heterocycles. The van der Waals surface area contributed by atoms with E-state index in [1.54, 1.807) is 20.8 Å². The molecular weight excluding hydrogens is 346 g/mol. The molecule has 1 atom stereocenters. The molecule has 0 aliphatic carbocycles. The molecule has 0 amide bonds. The van der Waals surface area contributed by atoms with Gasteiger partial charge in [-0.3, -0.25) is 4.79 Å². The number of esters is 1. The Labute approximate surface area is 131 Å². The summed E-state index contributed by atoms with van der Waals surface area (Å²) in [7, 11) is 0. The number of aliphatic hydroxyl groups is 1. The first kappa shape index (κ1) is 18.0. The van der Waals surface area contributed by atoms with E-state index in [0.717, 1.165) is 6.07 Å². The van der Waals surface area contributed by atoms with E-state index in [4.69, 9.17) is 4.74 Å². The first-order valence-corrected chi connectivity index (χ1v) is 7.25. The number of hydrogen-bond donors (Lipinski definition) is 1. The highest BCUT2D eigenvalue weighted by Gasteiger charge is 2.34. The molecule has 118 valence electrons. The number of carbonyl (C=O) groups is 1. The topological polar surface area (TPSA) is 46.5 Å². The van der Waals surface area contributed by atoms with Crippen molar-refractivity contribution in [1.29, 1.82) is 0 Å². The fourth-order valence-corrected chi connectivity index (χ4v) is 2.26. The second kappa shape index (κ2) is 6.40. The standard InChI is InChI=1S/C15H19BrF2O3/c1-14(2,3)21-13(20)7-15(4,8-19)9-5-10(16)12(18)6-11(9)17/h5-6,19H,7-8H2,1-4H3. The molecule has 1 aromatic rings. The van der Waals surface area contributed by atoms with Crippen molar-refractivity contribution in [3.05, 3.63) is 33.8 Å². The van der Waals surface area contributed by atoms with Crippen LogP contribution in [0.3, 0.4) is 0 Å². The second-order valence-electron chi connectivity index (χ2n) is 6.23. The smallest absolute Gasteiger partial charge is 0.307 e. The maximum atomic E-state index is 14.0. The molecule has 1 aromatic carbocycles. The van der Waals surface area contributed by atoms with Crippen molar-refractivity contribution >= 4 is 21.9 Å². The highest BCUT2D eigenvalue weighted by molar-refractivity contribution is 9.10. The first-order valence-electron chi connectivity index (χ1n) is 6.46. The van der Waals surface area contributed by atoms with Crippen molar-refractivity contribution in [3.63, 3.8) is 0 Å². The zero-order valence-electron chi connectivity index (χ0n) is 12.5. The third kappa shape index (κ3) is 4.74. The molecule has 6 heteroatoms. The summed E-state index contributed by atoms with van der Waals surface area (Å²) in [5.74, 6) is -2.11. The Morgan fingerprint density at radius 3 is 2.29 bits per heavy atom. The van der Waals surface area contributed by atoms with Crippen LogP contribution in [0.4, 0.5) is 8.78 Å². The fourth-order valence-electron chi connectivity index (χ4n) is 1.92. The third-order valence-corrected chi connectivity index (χ3v) is 3.57. The maximum Gasteiger partial charge on any atom is 0.307 e. The number of ether oxygens (including phenoxy) is 1. The molecule has 0 aliphatic rings. The van der Waals surface area contributed by atoms with Crippen LogP contribution in [0.1, 0.15) is 39.7 Å². The van der Waals surface area contributed by atoms with Crippen LogP contribution in [0, 0.1) is 11.6 Å². The van der Waals surface area contributed by atoms with Crippen molar-refractivity contribution in [1.82, 2.24) is 0 Å². The van der Waals surface area contributed by atoms with Crippen LogP contribution in [-0.2, 0) is 14.9 Å². The van der Waals surface area contributed by atoms with E-state index >= 15 is 0 Å². The van der Waals surface area contributed by atoms with Gasteiger partial charge in [0.25, 0.3) is 0 Å². The fraction of sp³-hybridized carbons (Fsp3) is 0.533. The average molecular weight is 365 g/mol. The minimum atomic E-state index is -1.19. The van der Waals surface area contributed by atoms with Gasteiger partial charge in [-0.1, -0.05) is 6.92 Å². The van der Waals surface area contributed by atoms with E-state index in [0.29, 0.717) is 0 Å². The molecule has 1 N–H and O–H groups in total. The third-order valence-electron chi connectivity index (χ3n) is 2.96. The van der Waals surface area contributed by atoms with Crippen LogP contribution < -0.4 is 0 Å². The van der Waals surface area contributed by atoms with Crippen molar-refractivity contribution in [2.75, 3.05) is 6.61 Å². The molecule has 0 fully saturated rings. The summed E-state index contributed by atoms with van der Waals surface area (Å²) in [4.78, 5) is 11.9. The minimum absolute atomic E-state index is 0.0594. The predicted octanol–water partition coefficient (Wildman–Crippen LogP) is 3.71. The Morgan fingerprint density at radius 2 is 1.81 bits per heavy atom. The van der Waals surface area contributed by atoms with E-state index in [1.807, 2.05) is 0 Å². The van der Waals surface area contributed by atoms with E-state index in [-0.39, 0.29) is 16.5 Å². The summed E-state index contributed by atoms with van der Waals surface area (Å²) in [6, 6.07) is 1.97. The molecule has 0 spiro atoms. The van der Waals surface area contributed by atoms with Crippen LogP contribution >= 0.6 is 15.9 Å². The Bertz CT molecular complexity index is 540. The molecule has 0 saturated carbocycles. The number of aliphatic hydroxyl groups excluding tert-OH is 1. The van der Waals surface area contributed by atoms with Gasteiger partial charge in [-0.05, 0) is 48.3 Å². The van der Waals surface area contributed by atoms with Gasteiger partial charge in [0.05, 0.1) is 17.5 Å². The predicted molar refractivity (Wildman–Crippen MR) is 79.0 cm³/mol. The lowest BCUT2D eigenvalue weighted by Crippen LogP contribution is -2.34. The molecule has 21 heavy (non-hydrogen) atoms. The summed E-state index contributed by atoms with van der Waals surface area (Å²) >= 11 is 2.98. The molecule has 0 bridgehead atoms. The van der Waals surface area contributed by atoms with E-state index in [1.165, 1.54) is 13.0 Å². The van der Waals surface area contributed by atoms with Crippen molar-refractivity contribution < 1.29 is 23.4 Å². The number of carbonyl (C=O) groups excluding carboxylic acids is 1. The normalized spacial score (nSPS) is 14.7. The van der Waals surface area contributed by atoms with Gasteiger partial charge in [-0.25, -0.2) is 8.78 Å². The average Bonchev–Trinajstić information content (AvgIpc) is 2.31. The summed E-state index contributed by atoms with van der Waals surface area (Å²) in [5, 5.41) is 9.59. The van der Waals surface area contributed by atoms with Gasteiger partial charge in [0, 0.05) is 11.5 Å². The molecule has 0 heterocycles. The molecule has 0 aliphatic heterocycles. The van der Waals surface area contributed by atoms with Crippen LogP contribution in [0.2, 0.25) is 0 Å². The Kier molecular flexibility index (Phi) is 5.50. The first-order chi connectivity index (χ1) is 9.48. The zero-order chi connectivity index (χ0) is 16.4. The summed E-state index contributed by atoms with van der Waals surface area (Å²) in [5.41, 5.74) is -1.80. The number of hydrogen-bond acceptors (Lipinski definition) is 3. The van der Waals surface area contributed by atoms with E-state index < -0.39 is 35.2 Å². The van der Waals surface area contributed by atoms with Gasteiger partial charge in [-0.15, -0.1) is 0 Å². The molecule has 0 radical (unpaired) electrons. The van der Waals surface area contributed by atoms with Crippen LogP contribution in [0.5, 0.6) is 0 Å². The Balaban J connectivity index is 3.10. The quantitative estimate of drug-likeness (QED) is 0.654. The summed E-state index contributed by atoms with van der Waals surface area (Å²) in [6.45, 7) is 6.21. The molecule has 1 rings (SSSR count). The largest absolute Gasteiger partial charge is 0.460 e. The summed E-state index contributed by atoms with van der Waals surface area (Å²) in [6.07, 6.45) is -0.213. The molecular formula is C15H19BrF2O3. The lowest BCUT2D eigenvalue weighted by Gasteiger charge is -2.29.